The van der Waals surface area contributed by atoms with Gasteiger partial charge in [-0.15, -0.1) is 0 Å². The van der Waals surface area contributed by atoms with Gasteiger partial charge in [-0.25, -0.2) is 0 Å². The van der Waals surface area contributed by atoms with Gasteiger partial charge in [0.25, 0.3) is 0 Å². The molecule has 0 radical (unpaired) electrons. The van der Waals surface area contributed by atoms with Gasteiger partial charge < -0.3 is 0 Å². The molecule has 2 aromatic rings. The fourth-order valence-electron chi connectivity index (χ4n) is 1.92. The van der Waals surface area contributed by atoms with Gasteiger partial charge in [0, 0.05) is 4.83 Å². The van der Waals surface area contributed by atoms with E-state index in [0.29, 0.717) is 10.0 Å². The van der Waals surface area contributed by atoms with E-state index < -0.39 is 0 Å². The van der Waals surface area contributed by atoms with Gasteiger partial charge in [0.15, 0.2) is 0 Å². The van der Waals surface area contributed by atoms with Gasteiger partial charge in [-0.3, -0.25) is 0 Å². The van der Waals surface area contributed by atoms with E-state index in [0.717, 1.165) is 6.42 Å². The van der Waals surface area contributed by atoms with E-state index >= 15 is 0 Å². The van der Waals surface area contributed by atoms with Crippen molar-refractivity contribution >= 4 is 39.1 Å². The Morgan fingerprint density at radius 3 is 2.44 bits per heavy atom. The van der Waals surface area contributed by atoms with E-state index in [1.54, 1.807) is 0 Å². The SMILES string of the molecule is Cc1ccccc1C(Br)Cc1ccc(Cl)c(Cl)c1. The van der Waals surface area contributed by atoms with Gasteiger partial charge in [0.2, 0.25) is 0 Å². The molecule has 0 nitrogen and oxygen atoms in total. The summed E-state index contributed by atoms with van der Waals surface area (Å²) in [6, 6.07) is 14.2. The van der Waals surface area contributed by atoms with E-state index in [2.05, 4.69) is 47.1 Å². The van der Waals surface area contributed by atoms with Crippen LogP contribution in [0.15, 0.2) is 42.5 Å². The van der Waals surface area contributed by atoms with Crippen molar-refractivity contribution in [3.05, 3.63) is 69.2 Å². The Balaban J connectivity index is 2.19. The van der Waals surface area contributed by atoms with Crippen LogP contribution in [0.2, 0.25) is 10.0 Å². The molecule has 0 spiro atoms. The van der Waals surface area contributed by atoms with E-state index in [1.165, 1.54) is 16.7 Å². The Labute approximate surface area is 126 Å². The fourth-order valence-corrected chi connectivity index (χ4v) is 3.13. The molecule has 3 heteroatoms. The van der Waals surface area contributed by atoms with Crippen molar-refractivity contribution in [2.24, 2.45) is 0 Å². The first-order valence-electron chi connectivity index (χ1n) is 5.71. The number of aryl methyl sites for hydroxylation is 1. The highest BCUT2D eigenvalue weighted by Gasteiger charge is 2.11. The van der Waals surface area contributed by atoms with E-state index in [-0.39, 0.29) is 4.83 Å². The Bertz CT molecular complexity index is 552. The monoisotopic (exact) mass is 342 g/mol. The highest BCUT2D eigenvalue weighted by molar-refractivity contribution is 9.09. The second-order valence-corrected chi connectivity index (χ2v) is 6.20. The quantitative estimate of drug-likeness (QED) is 0.601. The highest BCUT2D eigenvalue weighted by atomic mass is 79.9. The number of hydrogen-bond acceptors (Lipinski definition) is 0. The molecule has 0 N–H and O–H groups in total. The summed E-state index contributed by atoms with van der Waals surface area (Å²) in [4.78, 5) is 0.288. The normalized spacial score (nSPS) is 12.4. The summed E-state index contributed by atoms with van der Waals surface area (Å²) in [7, 11) is 0. The number of alkyl halides is 1. The minimum absolute atomic E-state index is 0.288. The minimum Gasteiger partial charge on any atom is -0.0835 e. The molecular weight excluding hydrogens is 331 g/mol. The van der Waals surface area contributed by atoms with Crippen LogP contribution in [0.4, 0.5) is 0 Å². The van der Waals surface area contributed by atoms with Gasteiger partial charge in [0.05, 0.1) is 10.0 Å². The molecule has 0 saturated carbocycles. The number of rotatable bonds is 3. The van der Waals surface area contributed by atoms with Crippen molar-refractivity contribution < 1.29 is 0 Å². The second kappa shape index (κ2) is 6.10. The second-order valence-electron chi connectivity index (χ2n) is 4.28. The Morgan fingerprint density at radius 2 is 1.78 bits per heavy atom. The minimum atomic E-state index is 0.288. The van der Waals surface area contributed by atoms with Crippen LogP contribution in [0.1, 0.15) is 21.5 Å². The Morgan fingerprint density at radius 1 is 1.06 bits per heavy atom. The van der Waals surface area contributed by atoms with Crippen LogP contribution < -0.4 is 0 Å². The van der Waals surface area contributed by atoms with Crippen molar-refractivity contribution in [3.63, 3.8) is 0 Å². The summed E-state index contributed by atoms with van der Waals surface area (Å²) in [5.41, 5.74) is 3.78. The predicted molar refractivity (Wildman–Crippen MR) is 83.0 cm³/mol. The van der Waals surface area contributed by atoms with E-state index in [4.69, 9.17) is 23.2 Å². The third kappa shape index (κ3) is 3.28. The van der Waals surface area contributed by atoms with Crippen LogP contribution in [0.25, 0.3) is 0 Å². The topological polar surface area (TPSA) is 0 Å². The van der Waals surface area contributed by atoms with Crippen LogP contribution in [0.5, 0.6) is 0 Å². The lowest BCUT2D eigenvalue weighted by molar-refractivity contribution is 0.938. The fraction of sp³-hybridized carbons (Fsp3) is 0.200. The van der Waals surface area contributed by atoms with Gasteiger partial charge in [0.1, 0.15) is 0 Å². The molecule has 0 bridgehead atoms. The first-order valence-corrected chi connectivity index (χ1v) is 7.38. The zero-order chi connectivity index (χ0) is 13.1. The molecule has 94 valence electrons. The molecule has 1 atom stereocenters. The summed E-state index contributed by atoms with van der Waals surface area (Å²) in [5.74, 6) is 0. The van der Waals surface area contributed by atoms with Crippen molar-refractivity contribution in [3.8, 4) is 0 Å². The molecule has 0 fully saturated rings. The van der Waals surface area contributed by atoms with Gasteiger partial charge in [-0.2, -0.15) is 0 Å². The van der Waals surface area contributed by atoms with Gasteiger partial charge in [-0.1, -0.05) is 69.5 Å². The molecule has 2 aromatic carbocycles. The Kier molecular flexibility index (Phi) is 4.71. The predicted octanol–water partition coefficient (Wildman–Crippen LogP) is 5.98. The van der Waals surface area contributed by atoms with Crippen molar-refractivity contribution in [1.82, 2.24) is 0 Å². The lowest BCUT2D eigenvalue weighted by atomic mass is 10.0. The first-order chi connectivity index (χ1) is 8.58. The summed E-state index contributed by atoms with van der Waals surface area (Å²) in [5, 5.41) is 1.21. The van der Waals surface area contributed by atoms with Crippen LogP contribution in [-0.2, 0) is 6.42 Å². The maximum atomic E-state index is 6.03. The molecule has 1 unspecified atom stereocenters. The molecule has 0 aliphatic rings. The molecule has 0 aromatic heterocycles. The summed E-state index contributed by atoms with van der Waals surface area (Å²) in [6.45, 7) is 2.12. The average Bonchev–Trinajstić information content (AvgIpc) is 2.34. The smallest absolute Gasteiger partial charge is 0.0595 e. The zero-order valence-electron chi connectivity index (χ0n) is 9.96. The standard InChI is InChI=1S/C15H13BrCl2/c1-10-4-2-3-5-12(10)13(16)8-11-6-7-14(17)15(18)9-11/h2-7,9,13H,8H2,1H3. The van der Waals surface area contributed by atoms with Crippen LogP contribution in [0.3, 0.4) is 0 Å². The lowest BCUT2D eigenvalue weighted by Crippen LogP contribution is -1.97. The molecule has 2 rings (SSSR count). The van der Waals surface area contributed by atoms with Gasteiger partial charge in [-0.05, 0) is 42.2 Å². The third-order valence-electron chi connectivity index (χ3n) is 2.92. The van der Waals surface area contributed by atoms with Gasteiger partial charge >= 0.3 is 0 Å². The zero-order valence-corrected chi connectivity index (χ0v) is 13.1. The van der Waals surface area contributed by atoms with Crippen molar-refractivity contribution in [2.45, 2.75) is 18.2 Å². The summed E-state index contributed by atoms with van der Waals surface area (Å²) in [6.07, 6.45) is 0.891. The molecular formula is C15H13BrCl2. The number of halogens is 3. The molecule has 0 aliphatic heterocycles. The van der Waals surface area contributed by atoms with Crippen molar-refractivity contribution in [1.29, 1.82) is 0 Å². The van der Waals surface area contributed by atoms with Crippen LogP contribution in [0, 0.1) is 6.92 Å². The maximum absolute atomic E-state index is 6.03. The number of hydrogen-bond donors (Lipinski definition) is 0. The molecule has 18 heavy (non-hydrogen) atoms. The first kappa shape index (κ1) is 13.9. The third-order valence-corrected chi connectivity index (χ3v) is 4.48. The highest BCUT2D eigenvalue weighted by Crippen LogP contribution is 2.31. The van der Waals surface area contributed by atoms with E-state index in [9.17, 15) is 0 Å². The molecule has 0 saturated heterocycles. The molecule has 0 amide bonds. The molecule has 0 aliphatic carbocycles. The summed E-state index contributed by atoms with van der Waals surface area (Å²) >= 11 is 15.7. The maximum Gasteiger partial charge on any atom is 0.0595 e. The van der Waals surface area contributed by atoms with Crippen molar-refractivity contribution in [2.75, 3.05) is 0 Å². The number of benzene rings is 2. The largest absolute Gasteiger partial charge is 0.0835 e. The lowest BCUT2D eigenvalue weighted by Gasteiger charge is -2.13. The average molecular weight is 344 g/mol. The Hall–Kier alpha value is -0.500. The molecule has 0 heterocycles. The van der Waals surface area contributed by atoms with Crippen LogP contribution >= 0.6 is 39.1 Å². The summed E-state index contributed by atoms with van der Waals surface area (Å²) < 4.78 is 0. The van der Waals surface area contributed by atoms with Crippen LogP contribution in [-0.4, -0.2) is 0 Å². The van der Waals surface area contributed by atoms with E-state index in [1.807, 2.05) is 18.2 Å².